The van der Waals surface area contributed by atoms with Crippen molar-refractivity contribution in [1.29, 1.82) is 0 Å². The normalized spacial score (nSPS) is 25.5. The molecule has 1 saturated heterocycles. The van der Waals surface area contributed by atoms with Crippen LogP contribution in [0.3, 0.4) is 0 Å². The average Bonchev–Trinajstić information content (AvgIpc) is 2.57. The first-order chi connectivity index (χ1) is 10.3. The fourth-order valence-corrected chi connectivity index (χ4v) is 3.74. The molecule has 1 atom stereocenters. The lowest BCUT2D eigenvalue weighted by atomic mass is 9.69. The molecule has 0 amide bonds. The van der Waals surface area contributed by atoms with Crippen LogP contribution in [-0.2, 0) is 10.2 Å². The summed E-state index contributed by atoms with van der Waals surface area (Å²) in [6.45, 7) is 2.32. The van der Waals surface area contributed by atoms with Crippen molar-refractivity contribution >= 4 is 0 Å². The lowest BCUT2D eigenvalue weighted by molar-refractivity contribution is 0.00735. The second kappa shape index (κ2) is 6.80. The molecule has 1 aliphatic carbocycles. The van der Waals surface area contributed by atoms with Gasteiger partial charge in [-0.05, 0) is 43.4 Å². The van der Waals surface area contributed by atoms with Gasteiger partial charge in [0, 0.05) is 18.6 Å². The summed E-state index contributed by atoms with van der Waals surface area (Å²) in [5.74, 6) is 0.974. The van der Waals surface area contributed by atoms with Crippen molar-refractivity contribution in [2.45, 2.75) is 56.5 Å². The molecular formula is C18H27NO2. The van der Waals surface area contributed by atoms with Crippen molar-refractivity contribution in [3.63, 3.8) is 0 Å². The molecule has 0 radical (unpaired) electrons. The quantitative estimate of drug-likeness (QED) is 0.924. The summed E-state index contributed by atoms with van der Waals surface area (Å²) in [6.07, 6.45) is 8.73. The Bertz CT molecular complexity index is 448. The van der Waals surface area contributed by atoms with Gasteiger partial charge in [0.1, 0.15) is 11.9 Å². The summed E-state index contributed by atoms with van der Waals surface area (Å²) in [6, 6.07) is 8.61. The Morgan fingerprint density at radius 2 is 2.05 bits per heavy atom. The summed E-state index contributed by atoms with van der Waals surface area (Å²) in [5.41, 5.74) is 7.67. The first-order valence-electron chi connectivity index (χ1n) is 8.37. The van der Waals surface area contributed by atoms with Crippen molar-refractivity contribution in [3.05, 3.63) is 29.8 Å². The molecule has 3 heteroatoms. The smallest absolute Gasteiger partial charge is 0.122 e. The minimum Gasteiger partial charge on any atom is -0.488 e. The molecule has 21 heavy (non-hydrogen) atoms. The summed E-state index contributed by atoms with van der Waals surface area (Å²) in [7, 11) is 0. The molecule has 1 aromatic carbocycles. The maximum absolute atomic E-state index is 6.14. The monoisotopic (exact) mass is 289 g/mol. The minimum absolute atomic E-state index is 0.167. The first-order valence-corrected chi connectivity index (χ1v) is 8.37. The maximum atomic E-state index is 6.14. The van der Waals surface area contributed by atoms with E-state index in [0.29, 0.717) is 6.61 Å². The molecule has 0 aromatic heterocycles. The van der Waals surface area contributed by atoms with Crippen LogP contribution >= 0.6 is 0 Å². The number of hydrogen-bond donors (Lipinski definition) is 1. The number of benzene rings is 1. The van der Waals surface area contributed by atoms with Gasteiger partial charge in [0.2, 0.25) is 0 Å². The van der Waals surface area contributed by atoms with Gasteiger partial charge in [0.25, 0.3) is 0 Å². The first kappa shape index (κ1) is 14.9. The second-order valence-electron chi connectivity index (χ2n) is 6.53. The Kier molecular flexibility index (Phi) is 4.81. The predicted octanol–water partition coefficient (Wildman–Crippen LogP) is 3.41. The van der Waals surface area contributed by atoms with Crippen molar-refractivity contribution in [2.24, 2.45) is 5.73 Å². The molecule has 3 rings (SSSR count). The third-order valence-electron chi connectivity index (χ3n) is 5.07. The van der Waals surface area contributed by atoms with E-state index in [0.717, 1.165) is 31.7 Å². The molecule has 1 heterocycles. The van der Waals surface area contributed by atoms with E-state index < -0.39 is 0 Å². The van der Waals surface area contributed by atoms with Gasteiger partial charge in [0.15, 0.2) is 0 Å². The molecule has 0 spiro atoms. The van der Waals surface area contributed by atoms with E-state index in [9.17, 15) is 0 Å². The number of rotatable bonds is 4. The zero-order valence-electron chi connectivity index (χ0n) is 12.9. The molecule has 2 aliphatic rings. The Morgan fingerprint density at radius 1 is 1.19 bits per heavy atom. The van der Waals surface area contributed by atoms with E-state index in [1.807, 2.05) is 0 Å². The van der Waals surface area contributed by atoms with Gasteiger partial charge in [-0.2, -0.15) is 0 Å². The van der Waals surface area contributed by atoms with E-state index in [2.05, 4.69) is 24.3 Å². The summed E-state index contributed by atoms with van der Waals surface area (Å²) in [4.78, 5) is 0. The standard InChI is InChI=1S/C18H27NO2/c19-14-18(9-2-1-3-10-18)15-6-4-7-16(12-15)21-17-8-5-11-20-13-17/h4,6-7,12,17H,1-3,5,8-11,13-14,19H2. The van der Waals surface area contributed by atoms with Crippen LogP contribution in [0.25, 0.3) is 0 Å². The number of ether oxygens (including phenoxy) is 2. The van der Waals surface area contributed by atoms with Crippen molar-refractivity contribution in [3.8, 4) is 5.75 Å². The van der Waals surface area contributed by atoms with Gasteiger partial charge in [0.05, 0.1) is 6.61 Å². The van der Waals surface area contributed by atoms with Crippen LogP contribution < -0.4 is 10.5 Å². The van der Waals surface area contributed by atoms with Gasteiger partial charge in [-0.25, -0.2) is 0 Å². The zero-order valence-corrected chi connectivity index (χ0v) is 12.9. The van der Waals surface area contributed by atoms with Crippen LogP contribution in [-0.4, -0.2) is 25.9 Å². The SMILES string of the molecule is NCC1(c2cccc(OC3CCCOC3)c2)CCCCC1. The highest BCUT2D eigenvalue weighted by Crippen LogP contribution is 2.39. The van der Waals surface area contributed by atoms with Crippen molar-refractivity contribution in [1.82, 2.24) is 0 Å². The van der Waals surface area contributed by atoms with Gasteiger partial charge in [-0.15, -0.1) is 0 Å². The zero-order chi connectivity index (χ0) is 14.5. The topological polar surface area (TPSA) is 44.5 Å². The van der Waals surface area contributed by atoms with Crippen molar-refractivity contribution in [2.75, 3.05) is 19.8 Å². The molecule has 3 nitrogen and oxygen atoms in total. The lowest BCUT2D eigenvalue weighted by Crippen LogP contribution is -2.37. The van der Waals surface area contributed by atoms with Crippen LogP contribution in [0, 0.1) is 0 Å². The molecular weight excluding hydrogens is 262 g/mol. The van der Waals surface area contributed by atoms with Gasteiger partial charge in [-0.1, -0.05) is 31.4 Å². The Morgan fingerprint density at radius 3 is 2.76 bits per heavy atom. The molecule has 1 aliphatic heterocycles. The van der Waals surface area contributed by atoms with Crippen LogP contribution in [0.2, 0.25) is 0 Å². The molecule has 116 valence electrons. The summed E-state index contributed by atoms with van der Waals surface area (Å²) in [5, 5.41) is 0. The summed E-state index contributed by atoms with van der Waals surface area (Å²) < 4.78 is 11.6. The maximum Gasteiger partial charge on any atom is 0.122 e. The fourth-order valence-electron chi connectivity index (χ4n) is 3.74. The predicted molar refractivity (Wildman–Crippen MR) is 84.7 cm³/mol. The second-order valence-corrected chi connectivity index (χ2v) is 6.53. The number of hydrogen-bond acceptors (Lipinski definition) is 3. The average molecular weight is 289 g/mol. The van der Waals surface area contributed by atoms with E-state index in [-0.39, 0.29) is 11.5 Å². The Hall–Kier alpha value is -1.06. The number of nitrogens with two attached hydrogens (primary N) is 1. The van der Waals surface area contributed by atoms with Crippen molar-refractivity contribution < 1.29 is 9.47 Å². The summed E-state index contributed by atoms with van der Waals surface area (Å²) >= 11 is 0. The van der Waals surface area contributed by atoms with E-state index in [1.165, 1.54) is 37.7 Å². The molecule has 2 N–H and O–H groups in total. The fraction of sp³-hybridized carbons (Fsp3) is 0.667. The third-order valence-corrected chi connectivity index (χ3v) is 5.07. The highest BCUT2D eigenvalue weighted by molar-refractivity contribution is 5.35. The van der Waals surface area contributed by atoms with Crippen LogP contribution in [0.5, 0.6) is 5.75 Å². The molecule has 0 bridgehead atoms. The van der Waals surface area contributed by atoms with Crippen LogP contribution in [0.4, 0.5) is 0 Å². The third kappa shape index (κ3) is 3.41. The van der Waals surface area contributed by atoms with Crippen LogP contribution in [0.15, 0.2) is 24.3 Å². The highest BCUT2D eigenvalue weighted by atomic mass is 16.5. The van der Waals surface area contributed by atoms with Gasteiger partial charge >= 0.3 is 0 Å². The van der Waals surface area contributed by atoms with Crippen LogP contribution in [0.1, 0.15) is 50.5 Å². The Labute approximate surface area is 127 Å². The molecule has 2 fully saturated rings. The highest BCUT2D eigenvalue weighted by Gasteiger charge is 2.32. The van der Waals surface area contributed by atoms with E-state index in [4.69, 9.17) is 15.2 Å². The van der Waals surface area contributed by atoms with E-state index in [1.54, 1.807) is 0 Å². The molecule has 1 aromatic rings. The minimum atomic E-state index is 0.167. The van der Waals surface area contributed by atoms with Gasteiger partial charge < -0.3 is 15.2 Å². The lowest BCUT2D eigenvalue weighted by Gasteiger charge is -2.37. The molecule has 1 unspecified atom stereocenters. The van der Waals surface area contributed by atoms with E-state index >= 15 is 0 Å². The van der Waals surface area contributed by atoms with Gasteiger partial charge in [-0.3, -0.25) is 0 Å². The Balaban J connectivity index is 1.75. The molecule has 1 saturated carbocycles. The largest absolute Gasteiger partial charge is 0.488 e.